The molecule has 2 heterocycles. The minimum atomic E-state index is -0.0999. The van der Waals surface area contributed by atoms with Gasteiger partial charge in [0, 0.05) is 10.9 Å². The van der Waals surface area contributed by atoms with Gasteiger partial charge in [0.1, 0.15) is 17.2 Å². The molecule has 2 aromatic rings. The van der Waals surface area contributed by atoms with Crippen molar-refractivity contribution in [2.24, 2.45) is 17.8 Å². The van der Waals surface area contributed by atoms with Crippen molar-refractivity contribution in [2.45, 2.75) is 66.0 Å². The van der Waals surface area contributed by atoms with E-state index in [0.717, 1.165) is 27.1 Å². The van der Waals surface area contributed by atoms with Crippen molar-refractivity contribution in [3.8, 4) is 0 Å². The number of hydrogen-bond acceptors (Lipinski definition) is 4. The molecule has 6 heteroatoms. The highest BCUT2D eigenvalue weighted by Gasteiger charge is 2.42. The van der Waals surface area contributed by atoms with Gasteiger partial charge < -0.3 is 5.32 Å². The van der Waals surface area contributed by atoms with E-state index in [4.69, 9.17) is 0 Å². The summed E-state index contributed by atoms with van der Waals surface area (Å²) in [7, 11) is 0. The van der Waals surface area contributed by atoms with Crippen LogP contribution in [0.3, 0.4) is 0 Å². The van der Waals surface area contributed by atoms with Crippen LogP contribution in [0.5, 0.6) is 0 Å². The third-order valence-electron chi connectivity index (χ3n) is 6.61. The number of aryl methyl sites for hydroxylation is 3. The van der Waals surface area contributed by atoms with E-state index in [2.05, 4.69) is 17.2 Å². The largest absolute Gasteiger partial charge is 0.352 e. The molecule has 1 amide bonds. The third kappa shape index (κ3) is 2.88. The number of aromatic nitrogens is 2. The summed E-state index contributed by atoms with van der Waals surface area (Å²) in [6.45, 7) is 7.93. The zero-order valence-electron chi connectivity index (χ0n) is 16.0. The first-order chi connectivity index (χ1) is 12.3. The van der Waals surface area contributed by atoms with Gasteiger partial charge >= 0.3 is 0 Å². The molecule has 2 saturated carbocycles. The molecule has 2 aliphatic rings. The first-order valence-corrected chi connectivity index (χ1v) is 10.4. The molecule has 0 aromatic carbocycles. The summed E-state index contributed by atoms with van der Waals surface area (Å²) in [6.07, 6.45) is 5.25. The second kappa shape index (κ2) is 6.48. The monoisotopic (exact) mass is 373 g/mol. The van der Waals surface area contributed by atoms with Crippen LogP contribution in [-0.4, -0.2) is 21.5 Å². The van der Waals surface area contributed by atoms with Crippen LogP contribution >= 0.6 is 11.3 Å². The van der Waals surface area contributed by atoms with Gasteiger partial charge in [-0.3, -0.25) is 14.2 Å². The summed E-state index contributed by atoms with van der Waals surface area (Å²) in [4.78, 5) is 32.0. The van der Waals surface area contributed by atoms with Crippen molar-refractivity contribution < 1.29 is 4.79 Å². The molecule has 0 spiro atoms. The third-order valence-corrected chi connectivity index (χ3v) is 7.71. The fourth-order valence-corrected chi connectivity index (χ4v) is 6.14. The Morgan fingerprint density at radius 1 is 1.31 bits per heavy atom. The van der Waals surface area contributed by atoms with E-state index in [1.165, 1.54) is 30.3 Å². The number of nitrogens with zero attached hydrogens (tertiary/aromatic N) is 2. The highest BCUT2D eigenvalue weighted by Crippen LogP contribution is 2.49. The molecule has 1 N–H and O–H groups in total. The van der Waals surface area contributed by atoms with Crippen molar-refractivity contribution in [3.63, 3.8) is 0 Å². The highest BCUT2D eigenvalue weighted by molar-refractivity contribution is 7.18. The van der Waals surface area contributed by atoms with Crippen molar-refractivity contribution >= 4 is 27.5 Å². The number of hydrogen-bond donors (Lipinski definition) is 1. The maximum atomic E-state index is 12.9. The maximum Gasteiger partial charge on any atom is 0.263 e. The van der Waals surface area contributed by atoms with Gasteiger partial charge in [-0.15, -0.1) is 11.3 Å². The van der Waals surface area contributed by atoms with Crippen molar-refractivity contribution in [2.75, 3.05) is 0 Å². The maximum absolute atomic E-state index is 12.9. The summed E-state index contributed by atoms with van der Waals surface area (Å²) in [6, 6.07) is 0.177. The zero-order valence-corrected chi connectivity index (χ0v) is 16.8. The summed E-state index contributed by atoms with van der Waals surface area (Å²) in [5.41, 5.74) is 0.879. The van der Waals surface area contributed by atoms with Crippen LogP contribution in [0.1, 0.15) is 48.9 Å². The number of carbonyl (C=O) groups is 1. The molecule has 2 fully saturated rings. The molecular formula is C20H27N3O2S. The van der Waals surface area contributed by atoms with Crippen LogP contribution in [-0.2, 0) is 11.3 Å². The van der Waals surface area contributed by atoms with Crippen LogP contribution < -0.4 is 10.9 Å². The Morgan fingerprint density at radius 2 is 2.08 bits per heavy atom. The normalized spacial score (nSPS) is 25.8. The molecule has 2 aromatic heterocycles. The summed E-state index contributed by atoms with van der Waals surface area (Å²) in [5.74, 6) is 2.75. The quantitative estimate of drug-likeness (QED) is 0.894. The topological polar surface area (TPSA) is 64.0 Å². The van der Waals surface area contributed by atoms with E-state index in [-0.39, 0.29) is 24.1 Å². The smallest absolute Gasteiger partial charge is 0.263 e. The SMILES string of the molecule is Cc1sc2nc(C)n(CC(=O)N[C@@H](C)[C@H]3C[C@H]4CC[C@H]3C4)c(=O)c2c1C. The minimum absolute atomic E-state index is 0.0487. The van der Waals surface area contributed by atoms with E-state index in [1.807, 2.05) is 13.8 Å². The van der Waals surface area contributed by atoms with Gasteiger partial charge in [-0.2, -0.15) is 0 Å². The Morgan fingerprint density at radius 3 is 2.73 bits per heavy atom. The molecule has 26 heavy (non-hydrogen) atoms. The van der Waals surface area contributed by atoms with Crippen LogP contribution in [0.15, 0.2) is 4.79 Å². The van der Waals surface area contributed by atoms with Crippen LogP contribution in [0.25, 0.3) is 10.2 Å². The van der Waals surface area contributed by atoms with E-state index in [0.29, 0.717) is 17.1 Å². The number of thiophene rings is 1. The first kappa shape index (κ1) is 17.7. The minimum Gasteiger partial charge on any atom is -0.352 e. The molecule has 0 unspecified atom stereocenters. The average Bonchev–Trinajstić information content (AvgIpc) is 3.27. The van der Waals surface area contributed by atoms with Gasteiger partial charge in [-0.05, 0) is 70.3 Å². The number of nitrogens with one attached hydrogen (secondary N) is 1. The van der Waals surface area contributed by atoms with Crippen LogP contribution in [0.4, 0.5) is 0 Å². The Kier molecular flexibility index (Phi) is 4.41. The van der Waals surface area contributed by atoms with Gasteiger partial charge in [0.2, 0.25) is 5.91 Å². The van der Waals surface area contributed by atoms with E-state index in [1.54, 1.807) is 18.3 Å². The molecular weight excluding hydrogens is 346 g/mol. The lowest BCUT2D eigenvalue weighted by atomic mass is 9.84. The Hall–Kier alpha value is -1.69. The van der Waals surface area contributed by atoms with E-state index < -0.39 is 0 Å². The predicted octanol–water partition coefficient (Wildman–Crippen LogP) is 3.32. The van der Waals surface area contributed by atoms with Crippen LogP contribution in [0, 0.1) is 38.5 Å². The molecule has 0 saturated heterocycles. The lowest BCUT2D eigenvalue weighted by Gasteiger charge is -2.28. The fourth-order valence-electron chi connectivity index (χ4n) is 5.07. The van der Waals surface area contributed by atoms with Gasteiger partial charge in [-0.25, -0.2) is 4.98 Å². The highest BCUT2D eigenvalue weighted by atomic mass is 32.1. The van der Waals surface area contributed by atoms with Gasteiger partial charge in [0.05, 0.1) is 5.39 Å². The number of amides is 1. The lowest BCUT2D eigenvalue weighted by Crippen LogP contribution is -2.43. The predicted molar refractivity (Wildman–Crippen MR) is 105 cm³/mol. The Bertz CT molecular complexity index is 929. The molecule has 0 aliphatic heterocycles. The first-order valence-electron chi connectivity index (χ1n) is 9.61. The van der Waals surface area contributed by atoms with Crippen molar-refractivity contribution in [3.05, 3.63) is 26.6 Å². The zero-order chi connectivity index (χ0) is 18.6. The van der Waals surface area contributed by atoms with Gasteiger partial charge in [-0.1, -0.05) is 6.42 Å². The summed E-state index contributed by atoms with van der Waals surface area (Å²) < 4.78 is 1.52. The van der Waals surface area contributed by atoms with Gasteiger partial charge in [0.15, 0.2) is 0 Å². The Balaban J connectivity index is 1.52. The van der Waals surface area contributed by atoms with Gasteiger partial charge in [0.25, 0.3) is 5.56 Å². The molecule has 0 radical (unpaired) electrons. The number of rotatable bonds is 4. The second-order valence-corrected chi connectivity index (χ2v) is 9.41. The molecule has 5 nitrogen and oxygen atoms in total. The van der Waals surface area contributed by atoms with Crippen molar-refractivity contribution in [1.29, 1.82) is 0 Å². The molecule has 140 valence electrons. The Labute approximate surface area is 157 Å². The summed E-state index contributed by atoms with van der Waals surface area (Å²) >= 11 is 1.54. The van der Waals surface area contributed by atoms with E-state index >= 15 is 0 Å². The van der Waals surface area contributed by atoms with E-state index in [9.17, 15) is 9.59 Å². The standard InChI is InChI=1S/C20H27N3O2S/c1-10-12(3)26-19-18(10)20(25)23(13(4)22-19)9-17(24)21-11(2)16-8-14-5-6-15(16)7-14/h11,14-16H,5-9H2,1-4H3,(H,21,24)/t11-,14-,15-,16+/m0/s1. The molecule has 4 atom stereocenters. The lowest BCUT2D eigenvalue weighted by molar-refractivity contribution is -0.122. The number of fused-ring (bicyclic) bond motifs is 3. The molecule has 4 rings (SSSR count). The molecule has 2 aliphatic carbocycles. The fraction of sp³-hybridized carbons (Fsp3) is 0.650. The van der Waals surface area contributed by atoms with Crippen LogP contribution in [0.2, 0.25) is 0 Å². The average molecular weight is 374 g/mol. The number of carbonyl (C=O) groups excluding carboxylic acids is 1. The van der Waals surface area contributed by atoms with Crippen molar-refractivity contribution in [1.82, 2.24) is 14.9 Å². The summed E-state index contributed by atoms with van der Waals surface area (Å²) in [5, 5.41) is 3.81. The second-order valence-electron chi connectivity index (χ2n) is 8.21. The molecule has 2 bridgehead atoms.